The number of esters is 1. The second-order valence-electron chi connectivity index (χ2n) is 7.82. The molecule has 0 unspecified atom stereocenters. The first kappa shape index (κ1) is 22.6. The van der Waals surface area contributed by atoms with E-state index in [0.29, 0.717) is 49.1 Å². The van der Waals surface area contributed by atoms with Crippen LogP contribution in [0.3, 0.4) is 0 Å². The maximum atomic E-state index is 14.2. The zero-order chi connectivity index (χ0) is 23.4. The van der Waals surface area contributed by atoms with Crippen LogP contribution in [0.1, 0.15) is 18.5 Å². The number of carbonyl (C=O) groups is 2. The fourth-order valence-electron chi connectivity index (χ4n) is 4.13. The predicted octanol–water partition coefficient (Wildman–Crippen LogP) is 2.36. The fraction of sp³-hybridized carbons (Fsp3) is 0.375. The summed E-state index contributed by atoms with van der Waals surface area (Å²) in [6, 6.07) is 13.1. The van der Waals surface area contributed by atoms with Gasteiger partial charge in [-0.3, -0.25) is 14.9 Å². The molecular weight excluding hydrogens is 427 g/mol. The molecule has 0 saturated carbocycles. The van der Waals surface area contributed by atoms with E-state index in [-0.39, 0.29) is 12.4 Å². The fourth-order valence-corrected chi connectivity index (χ4v) is 4.13. The topological polar surface area (TPSA) is 83.5 Å². The van der Waals surface area contributed by atoms with Gasteiger partial charge in [0.2, 0.25) is 11.9 Å². The molecule has 2 atom stereocenters. The van der Waals surface area contributed by atoms with E-state index in [9.17, 15) is 14.0 Å². The first-order valence-electron chi connectivity index (χ1n) is 11.0. The van der Waals surface area contributed by atoms with Crippen molar-refractivity contribution in [3.8, 4) is 5.75 Å². The smallest absolute Gasteiger partial charge is 0.321 e. The number of ether oxygens (including phenoxy) is 2. The van der Waals surface area contributed by atoms with Crippen molar-refractivity contribution in [2.75, 3.05) is 44.8 Å². The number of hydrogen-bond donors (Lipinski definition) is 1. The summed E-state index contributed by atoms with van der Waals surface area (Å²) < 4.78 is 24.5. The van der Waals surface area contributed by atoms with Gasteiger partial charge in [-0.05, 0) is 36.8 Å². The van der Waals surface area contributed by atoms with E-state index >= 15 is 0 Å². The zero-order valence-electron chi connectivity index (χ0n) is 18.7. The quantitative estimate of drug-likeness (QED) is 0.552. The molecule has 1 saturated heterocycles. The number of methoxy groups -OCH3 is 1. The van der Waals surface area contributed by atoms with E-state index in [1.165, 1.54) is 6.07 Å². The third-order valence-corrected chi connectivity index (χ3v) is 5.86. The number of guanidine groups is 1. The largest absolute Gasteiger partial charge is 0.497 e. The lowest BCUT2D eigenvalue weighted by atomic mass is 9.91. The highest BCUT2D eigenvalue weighted by atomic mass is 19.1. The van der Waals surface area contributed by atoms with Crippen molar-refractivity contribution in [2.24, 2.45) is 10.9 Å². The van der Waals surface area contributed by atoms with Gasteiger partial charge in [0.25, 0.3) is 0 Å². The van der Waals surface area contributed by atoms with Crippen LogP contribution < -0.4 is 15.0 Å². The van der Waals surface area contributed by atoms with Crippen LogP contribution in [0, 0.1) is 11.7 Å². The van der Waals surface area contributed by atoms with Crippen molar-refractivity contribution in [1.82, 2.24) is 10.2 Å². The number of aliphatic imine (C=N–C) groups is 1. The molecule has 2 aliphatic rings. The number of anilines is 1. The Morgan fingerprint density at radius 1 is 1.09 bits per heavy atom. The molecule has 4 rings (SSSR count). The number of hydrogen-bond acceptors (Lipinski definition) is 7. The number of piperazine rings is 1. The Balaban J connectivity index is 1.57. The number of nitrogens with zero attached hydrogens (tertiary/aromatic N) is 3. The Labute approximate surface area is 192 Å². The van der Waals surface area contributed by atoms with Crippen molar-refractivity contribution in [3.05, 3.63) is 59.9 Å². The van der Waals surface area contributed by atoms with Gasteiger partial charge >= 0.3 is 5.97 Å². The summed E-state index contributed by atoms with van der Waals surface area (Å²) in [6.07, 6.45) is 0. The summed E-state index contributed by atoms with van der Waals surface area (Å²) in [5, 5.41) is 2.78. The summed E-state index contributed by atoms with van der Waals surface area (Å²) in [4.78, 5) is 34.3. The van der Waals surface area contributed by atoms with Gasteiger partial charge in [0.05, 0.1) is 19.4 Å². The van der Waals surface area contributed by atoms with Crippen molar-refractivity contribution >= 4 is 23.5 Å². The average molecular weight is 455 g/mol. The summed E-state index contributed by atoms with van der Waals surface area (Å²) in [5.41, 5.74) is 1.27. The molecule has 2 aromatic rings. The van der Waals surface area contributed by atoms with Crippen molar-refractivity contribution in [2.45, 2.75) is 13.0 Å². The molecule has 1 fully saturated rings. The van der Waals surface area contributed by atoms with Crippen LogP contribution in [0.15, 0.2) is 53.5 Å². The lowest BCUT2D eigenvalue weighted by molar-refractivity contribution is -0.153. The second-order valence-corrected chi connectivity index (χ2v) is 7.82. The number of carbonyl (C=O) groups excluding carboxylic acids is 2. The summed E-state index contributed by atoms with van der Waals surface area (Å²) in [6.45, 7) is 4.12. The second kappa shape index (κ2) is 9.89. The monoisotopic (exact) mass is 454 g/mol. The van der Waals surface area contributed by atoms with Gasteiger partial charge in [-0.15, -0.1) is 0 Å². The van der Waals surface area contributed by atoms with E-state index in [0.717, 1.165) is 0 Å². The highest BCUT2D eigenvalue weighted by Crippen LogP contribution is 2.32. The predicted molar refractivity (Wildman–Crippen MR) is 122 cm³/mol. The Morgan fingerprint density at radius 3 is 2.39 bits per heavy atom. The van der Waals surface area contributed by atoms with Crippen LogP contribution in [0.5, 0.6) is 5.75 Å². The third-order valence-electron chi connectivity index (χ3n) is 5.86. The van der Waals surface area contributed by atoms with E-state index in [1.807, 2.05) is 15.9 Å². The Morgan fingerprint density at radius 2 is 1.76 bits per heavy atom. The SMILES string of the molecule is CCOC(=O)[C@@H]1C(=O)NC(N2CCN(c3ccccc3F)CC2)=N[C@@H]1c1ccc(OC)cc1. The molecule has 1 N–H and O–H groups in total. The van der Waals surface area contributed by atoms with Gasteiger partial charge in [0, 0.05) is 26.2 Å². The molecule has 174 valence electrons. The number of halogens is 1. The Hall–Kier alpha value is -3.62. The van der Waals surface area contributed by atoms with Gasteiger partial charge in [0.1, 0.15) is 17.6 Å². The summed E-state index contributed by atoms with van der Waals surface area (Å²) in [5.74, 6) is -1.32. The van der Waals surface area contributed by atoms with Crippen molar-refractivity contribution in [3.63, 3.8) is 0 Å². The molecule has 1 amide bonds. The van der Waals surface area contributed by atoms with Gasteiger partial charge in [-0.1, -0.05) is 24.3 Å². The van der Waals surface area contributed by atoms with Crippen LogP contribution in [-0.4, -0.2) is 62.6 Å². The van der Waals surface area contributed by atoms with Gasteiger partial charge in [-0.25, -0.2) is 9.38 Å². The molecule has 2 heterocycles. The van der Waals surface area contributed by atoms with Gasteiger partial charge in [-0.2, -0.15) is 0 Å². The first-order valence-corrected chi connectivity index (χ1v) is 11.0. The molecule has 0 radical (unpaired) electrons. The summed E-state index contributed by atoms with van der Waals surface area (Å²) >= 11 is 0. The van der Waals surface area contributed by atoms with Crippen LogP contribution in [-0.2, 0) is 14.3 Å². The van der Waals surface area contributed by atoms with E-state index < -0.39 is 23.8 Å². The lowest BCUT2D eigenvalue weighted by Crippen LogP contribution is -2.57. The molecule has 9 heteroatoms. The third kappa shape index (κ3) is 4.76. The van der Waals surface area contributed by atoms with Gasteiger partial charge < -0.3 is 19.3 Å². The number of nitrogens with one attached hydrogen (secondary N) is 1. The number of benzene rings is 2. The van der Waals surface area contributed by atoms with E-state index in [1.54, 1.807) is 50.4 Å². The molecule has 2 aromatic carbocycles. The van der Waals surface area contributed by atoms with Crippen LogP contribution in [0.25, 0.3) is 0 Å². The maximum absolute atomic E-state index is 14.2. The highest BCUT2D eigenvalue weighted by molar-refractivity contribution is 6.08. The molecule has 0 spiro atoms. The highest BCUT2D eigenvalue weighted by Gasteiger charge is 2.42. The molecule has 8 nitrogen and oxygen atoms in total. The number of amides is 1. The minimum atomic E-state index is -1.08. The Bertz CT molecular complexity index is 1040. The van der Waals surface area contributed by atoms with Crippen LogP contribution in [0.4, 0.5) is 10.1 Å². The zero-order valence-corrected chi connectivity index (χ0v) is 18.7. The lowest BCUT2D eigenvalue weighted by Gasteiger charge is -2.39. The standard InChI is InChI=1S/C24H27FN4O4/c1-3-33-23(31)20-21(16-8-10-17(32-2)11-9-16)26-24(27-22(20)30)29-14-12-28(13-15-29)19-7-5-4-6-18(19)25/h4-11,20-21H,3,12-15H2,1-2H3,(H,26,27,30)/t20-,21+/m0/s1. The molecule has 0 aromatic heterocycles. The average Bonchev–Trinajstić information content (AvgIpc) is 2.84. The molecular formula is C24H27FN4O4. The van der Waals surface area contributed by atoms with Gasteiger partial charge in [0.15, 0.2) is 5.92 Å². The van der Waals surface area contributed by atoms with Crippen LogP contribution in [0.2, 0.25) is 0 Å². The van der Waals surface area contributed by atoms with Crippen molar-refractivity contribution < 1.29 is 23.5 Å². The molecule has 0 aliphatic carbocycles. The minimum absolute atomic E-state index is 0.173. The minimum Gasteiger partial charge on any atom is -0.497 e. The Kier molecular flexibility index (Phi) is 6.76. The molecule has 2 aliphatic heterocycles. The maximum Gasteiger partial charge on any atom is 0.321 e. The number of rotatable bonds is 5. The summed E-state index contributed by atoms with van der Waals surface area (Å²) in [7, 11) is 1.57. The van der Waals surface area contributed by atoms with Crippen LogP contribution >= 0.6 is 0 Å². The van der Waals surface area contributed by atoms with E-state index in [2.05, 4.69) is 5.32 Å². The normalized spacial score (nSPS) is 20.7. The number of para-hydroxylation sites is 1. The van der Waals surface area contributed by atoms with Crippen molar-refractivity contribution in [1.29, 1.82) is 0 Å². The molecule has 33 heavy (non-hydrogen) atoms. The molecule has 0 bridgehead atoms. The van der Waals surface area contributed by atoms with E-state index in [4.69, 9.17) is 14.5 Å². The first-order chi connectivity index (χ1) is 16.0.